The van der Waals surface area contributed by atoms with E-state index in [1.165, 1.54) is 0 Å². The molecule has 1 saturated carbocycles. The van der Waals surface area contributed by atoms with Gasteiger partial charge in [-0.3, -0.25) is 0 Å². The molecule has 1 rings (SSSR count). The number of alkyl halides is 2. The van der Waals surface area contributed by atoms with E-state index >= 15 is 0 Å². The zero-order valence-corrected chi connectivity index (χ0v) is 11.7. The highest BCUT2D eigenvalue weighted by molar-refractivity contribution is 9.12. The standard InChI is InChI=1S/C10H18Br2O/c1-9(2,13)7-4-5-10(3,12)8(11)6-7/h7-8,13H,4-6H2,1-3H3/t7-,8+,10+/m0/s1. The van der Waals surface area contributed by atoms with Crippen LogP contribution in [0.2, 0.25) is 0 Å². The Hall–Kier alpha value is 0.920. The second-order valence-electron chi connectivity index (χ2n) is 4.87. The summed E-state index contributed by atoms with van der Waals surface area (Å²) in [5.74, 6) is 0.419. The number of aliphatic hydroxyl groups is 1. The molecule has 0 radical (unpaired) electrons. The molecule has 1 nitrogen and oxygen atoms in total. The molecule has 78 valence electrons. The van der Waals surface area contributed by atoms with Gasteiger partial charge in [0.1, 0.15) is 0 Å². The van der Waals surface area contributed by atoms with Crippen molar-refractivity contribution in [2.75, 3.05) is 0 Å². The van der Waals surface area contributed by atoms with Gasteiger partial charge in [-0.15, -0.1) is 0 Å². The average Bonchev–Trinajstić information content (AvgIpc) is 1.92. The molecule has 0 bridgehead atoms. The second kappa shape index (κ2) is 3.82. The molecule has 3 atom stereocenters. The molecule has 1 aliphatic carbocycles. The molecule has 0 aromatic carbocycles. The molecule has 13 heavy (non-hydrogen) atoms. The van der Waals surface area contributed by atoms with Gasteiger partial charge in [0, 0.05) is 9.15 Å². The SMILES string of the molecule is CC(C)(O)[C@H]1CC[C@@](C)(Br)[C@H](Br)C1. The summed E-state index contributed by atoms with van der Waals surface area (Å²) in [6.07, 6.45) is 3.27. The Morgan fingerprint density at radius 2 is 2.00 bits per heavy atom. The Bertz CT molecular complexity index is 184. The van der Waals surface area contributed by atoms with Crippen LogP contribution in [0.15, 0.2) is 0 Å². The summed E-state index contributed by atoms with van der Waals surface area (Å²) in [6, 6.07) is 0. The van der Waals surface area contributed by atoms with Crippen LogP contribution in [-0.4, -0.2) is 19.9 Å². The zero-order valence-electron chi connectivity index (χ0n) is 8.48. The van der Waals surface area contributed by atoms with Crippen LogP contribution < -0.4 is 0 Å². The summed E-state index contributed by atoms with van der Waals surface area (Å²) < 4.78 is 0.203. The van der Waals surface area contributed by atoms with E-state index in [-0.39, 0.29) is 4.32 Å². The van der Waals surface area contributed by atoms with E-state index in [9.17, 15) is 5.11 Å². The maximum atomic E-state index is 9.89. The van der Waals surface area contributed by atoms with Crippen LogP contribution in [0, 0.1) is 5.92 Å². The molecule has 0 aromatic rings. The van der Waals surface area contributed by atoms with Crippen molar-refractivity contribution in [3.63, 3.8) is 0 Å². The van der Waals surface area contributed by atoms with Crippen molar-refractivity contribution in [2.24, 2.45) is 5.92 Å². The molecular formula is C10H18Br2O. The van der Waals surface area contributed by atoms with Gasteiger partial charge in [0.15, 0.2) is 0 Å². The Kier molecular flexibility index (Phi) is 3.52. The van der Waals surface area contributed by atoms with Gasteiger partial charge in [-0.05, 0) is 46.0 Å². The fraction of sp³-hybridized carbons (Fsp3) is 1.00. The van der Waals surface area contributed by atoms with Gasteiger partial charge >= 0.3 is 0 Å². The summed E-state index contributed by atoms with van der Waals surface area (Å²) in [5.41, 5.74) is -0.532. The normalized spacial score (nSPS) is 42.0. The van der Waals surface area contributed by atoms with Crippen molar-refractivity contribution in [3.05, 3.63) is 0 Å². The molecule has 0 amide bonds. The molecular weight excluding hydrogens is 296 g/mol. The predicted octanol–water partition coefficient (Wildman–Crippen LogP) is 3.47. The van der Waals surface area contributed by atoms with Gasteiger partial charge in [0.2, 0.25) is 0 Å². The zero-order chi connectivity index (χ0) is 10.3. The van der Waals surface area contributed by atoms with Crippen LogP contribution in [0.4, 0.5) is 0 Å². The number of hydrogen-bond acceptors (Lipinski definition) is 1. The summed E-state index contributed by atoms with van der Waals surface area (Å²) >= 11 is 7.41. The van der Waals surface area contributed by atoms with E-state index in [2.05, 4.69) is 38.8 Å². The Balaban J connectivity index is 2.61. The highest BCUT2D eigenvalue weighted by Gasteiger charge is 2.40. The largest absolute Gasteiger partial charge is 0.390 e. The van der Waals surface area contributed by atoms with E-state index in [1.807, 2.05) is 13.8 Å². The monoisotopic (exact) mass is 312 g/mol. The molecule has 0 aromatic heterocycles. The van der Waals surface area contributed by atoms with Crippen molar-refractivity contribution in [1.82, 2.24) is 0 Å². The lowest BCUT2D eigenvalue weighted by atomic mass is 9.75. The van der Waals surface area contributed by atoms with E-state index in [0.29, 0.717) is 10.7 Å². The number of halogens is 2. The van der Waals surface area contributed by atoms with Gasteiger partial charge in [0.05, 0.1) is 5.60 Å². The predicted molar refractivity (Wildman–Crippen MR) is 63.7 cm³/mol. The summed E-state index contributed by atoms with van der Waals surface area (Å²) in [4.78, 5) is 0.463. The molecule has 3 heteroatoms. The summed E-state index contributed by atoms with van der Waals surface area (Å²) in [5, 5.41) is 9.89. The quantitative estimate of drug-likeness (QED) is 0.735. The minimum Gasteiger partial charge on any atom is -0.390 e. The van der Waals surface area contributed by atoms with Gasteiger partial charge in [-0.2, -0.15) is 0 Å². The van der Waals surface area contributed by atoms with Crippen molar-refractivity contribution in [1.29, 1.82) is 0 Å². The van der Waals surface area contributed by atoms with Crippen molar-refractivity contribution >= 4 is 31.9 Å². The Morgan fingerprint density at radius 3 is 2.38 bits per heavy atom. The molecule has 0 saturated heterocycles. The van der Waals surface area contributed by atoms with Crippen molar-refractivity contribution in [2.45, 2.75) is 54.8 Å². The van der Waals surface area contributed by atoms with Gasteiger partial charge in [0.25, 0.3) is 0 Å². The van der Waals surface area contributed by atoms with Crippen LogP contribution in [0.1, 0.15) is 40.0 Å². The lowest BCUT2D eigenvalue weighted by Crippen LogP contribution is -2.42. The fourth-order valence-corrected chi connectivity index (χ4v) is 2.96. The highest BCUT2D eigenvalue weighted by atomic mass is 79.9. The first-order chi connectivity index (χ1) is 5.73. The van der Waals surface area contributed by atoms with Gasteiger partial charge in [-0.25, -0.2) is 0 Å². The lowest BCUT2D eigenvalue weighted by molar-refractivity contribution is -0.000338. The van der Waals surface area contributed by atoms with E-state index in [1.54, 1.807) is 0 Å². The van der Waals surface area contributed by atoms with Crippen LogP contribution in [0.5, 0.6) is 0 Å². The first kappa shape index (κ1) is 12.0. The second-order valence-corrected chi connectivity index (χ2v) is 7.79. The first-order valence-corrected chi connectivity index (χ1v) is 6.50. The molecule has 0 unspecified atom stereocenters. The minimum absolute atomic E-state index is 0.203. The van der Waals surface area contributed by atoms with E-state index in [4.69, 9.17) is 0 Å². The van der Waals surface area contributed by atoms with Crippen LogP contribution in [-0.2, 0) is 0 Å². The van der Waals surface area contributed by atoms with E-state index < -0.39 is 5.60 Å². The van der Waals surface area contributed by atoms with Crippen LogP contribution in [0.3, 0.4) is 0 Å². The lowest BCUT2D eigenvalue weighted by Gasteiger charge is -2.42. The summed E-state index contributed by atoms with van der Waals surface area (Å²) in [6.45, 7) is 6.04. The Morgan fingerprint density at radius 1 is 1.46 bits per heavy atom. The van der Waals surface area contributed by atoms with Crippen molar-refractivity contribution in [3.8, 4) is 0 Å². The molecule has 1 aliphatic rings. The maximum Gasteiger partial charge on any atom is 0.0620 e. The Labute approximate surface area is 97.5 Å². The smallest absolute Gasteiger partial charge is 0.0620 e. The maximum absolute atomic E-state index is 9.89. The molecule has 0 spiro atoms. The summed E-state index contributed by atoms with van der Waals surface area (Å²) in [7, 11) is 0. The highest BCUT2D eigenvalue weighted by Crippen LogP contribution is 2.45. The van der Waals surface area contributed by atoms with Crippen LogP contribution >= 0.6 is 31.9 Å². The van der Waals surface area contributed by atoms with Gasteiger partial charge in [-0.1, -0.05) is 31.9 Å². The fourth-order valence-electron chi connectivity index (χ4n) is 1.87. The van der Waals surface area contributed by atoms with Gasteiger partial charge < -0.3 is 5.11 Å². The number of hydrogen-bond donors (Lipinski definition) is 1. The van der Waals surface area contributed by atoms with Crippen molar-refractivity contribution < 1.29 is 5.11 Å². The third-order valence-corrected chi connectivity index (χ3v) is 6.07. The molecule has 1 fully saturated rings. The molecule has 1 N–H and O–H groups in total. The first-order valence-electron chi connectivity index (χ1n) is 4.79. The topological polar surface area (TPSA) is 20.2 Å². The average molecular weight is 314 g/mol. The van der Waals surface area contributed by atoms with Crippen LogP contribution in [0.25, 0.3) is 0 Å². The minimum atomic E-state index is -0.532. The number of rotatable bonds is 1. The third-order valence-electron chi connectivity index (χ3n) is 3.13. The van der Waals surface area contributed by atoms with E-state index in [0.717, 1.165) is 19.3 Å². The molecule has 0 heterocycles. The third kappa shape index (κ3) is 2.93. The molecule has 0 aliphatic heterocycles.